The van der Waals surface area contributed by atoms with Gasteiger partial charge in [-0.15, -0.1) is 0 Å². The third kappa shape index (κ3) is 6.06. The van der Waals surface area contributed by atoms with Crippen molar-refractivity contribution in [2.24, 2.45) is 5.92 Å². The van der Waals surface area contributed by atoms with Crippen LogP contribution >= 0.6 is 0 Å². The van der Waals surface area contributed by atoms with E-state index in [1.807, 2.05) is 43.0 Å². The first kappa shape index (κ1) is 24.2. The Morgan fingerprint density at radius 1 is 1.28 bits per heavy atom. The predicted octanol–water partition coefficient (Wildman–Crippen LogP) is 4.91. The second-order valence-corrected chi connectivity index (χ2v) is 8.92. The van der Waals surface area contributed by atoms with Crippen LogP contribution in [0.2, 0.25) is 0 Å². The van der Waals surface area contributed by atoms with E-state index in [-0.39, 0.29) is 36.1 Å². The lowest BCUT2D eigenvalue weighted by molar-refractivity contribution is -0.121. The maximum atomic E-state index is 14.9. The number of hydrogen-bond acceptors (Lipinski definition) is 5. The van der Waals surface area contributed by atoms with Gasteiger partial charge in [-0.3, -0.25) is 9.78 Å². The summed E-state index contributed by atoms with van der Waals surface area (Å²) in [6.07, 6.45) is 5.48. The van der Waals surface area contributed by atoms with E-state index in [0.29, 0.717) is 30.8 Å². The fourth-order valence-corrected chi connectivity index (χ4v) is 4.08. The predicted molar refractivity (Wildman–Crippen MR) is 125 cm³/mol. The maximum absolute atomic E-state index is 14.9. The minimum absolute atomic E-state index is 0.0167. The molecule has 0 amide bonds. The molecule has 3 rings (SSSR count). The van der Waals surface area contributed by atoms with Gasteiger partial charge in [0.1, 0.15) is 17.6 Å². The number of hydrogen-bond donors (Lipinski definition) is 1. The fraction of sp³-hybridized carbons (Fsp3) is 0.538. The Kier molecular flexibility index (Phi) is 8.62. The molecule has 2 unspecified atom stereocenters. The number of halogens is 1. The number of ether oxygens (including phenoxy) is 1. The first-order chi connectivity index (χ1) is 15.4. The molecule has 32 heavy (non-hydrogen) atoms. The van der Waals surface area contributed by atoms with Crippen molar-refractivity contribution in [3.8, 4) is 5.75 Å². The molecule has 1 saturated heterocycles. The summed E-state index contributed by atoms with van der Waals surface area (Å²) in [5.74, 6) is 0.440. The van der Waals surface area contributed by atoms with Crippen molar-refractivity contribution in [2.45, 2.75) is 64.9 Å². The zero-order chi connectivity index (χ0) is 23.1. The van der Waals surface area contributed by atoms with Crippen molar-refractivity contribution in [3.63, 3.8) is 0 Å². The Balaban J connectivity index is 1.57. The highest BCUT2D eigenvalue weighted by Crippen LogP contribution is 2.28. The van der Waals surface area contributed by atoms with E-state index < -0.39 is 0 Å². The lowest BCUT2D eigenvalue weighted by atomic mass is 9.91. The average molecular weight is 443 g/mol. The maximum Gasteiger partial charge on any atom is 0.167 e. The van der Waals surface area contributed by atoms with Crippen molar-refractivity contribution in [1.82, 2.24) is 4.98 Å². The van der Waals surface area contributed by atoms with Gasteiger partial charge in [0.15, 0.2) is 5.82 Å². The van der Waals surface area contributed by atoms with Crippen LogP contribution in [0.25, 0.3) is 0 Å². The third-order valence-electron chi connectivity index (χ3n) is 6.22. The van der Waals surface area contributed by atoms with E-state index in [1.54, 1.807) is 12.3 Å². The monoisotopic (exact) mass is 442 g/mol. The van der Waals surface area contributed by atoms with Crippen molar-refractivity contribution in [1.29, 1.82) is 0 Å². The molecule has 1 fully saturated rings. The summed E-state index contributed by atoms with van der Waals surface area (Å²) in [7, 11) is 0. The molecule has 2 aromatic rings. The number of ketones is 1. The molecule has 1 N–H and O–H groups in total. The van der Waals surface area contributed by atoms with Crippen LogP contribution in [-0.4, -0.2) is 41.7 Å². The summed E-state index contributed by atoms with van der Waals surface area (Å²) in [5, 5.41) is 9.17. The number of aryl methyl sites for hydroxylation is 1. The Labute approximate surface area is 190 Å². The third-order valence-corrected chi connectivity index (χ3v) is 6.22. The molecule has 5 nitrogen and oxygen atoms in total. The van der Waals surface area contributed by atoms with Crippen LogP contribution in [0.1, 0.15) is 63.6 Å². The first-order valence-electron chi connectivity index (χ1n) is 11.7. The molecular formula is C26H35FN2O3. The van der Waals surface area contributed by atoms with E-state index in [4.69, 9.17) is 9.84 Å². The van der Waals surface area contributed by atoms with Gasteiger partial charge in [0, 0.05) is 38.1 Å². The number of carbonyl (C=O) groups is 1. The molecule has 0 saturated carbocycles. The summed E-state index contributed by atoms with van der Waals surface area (Å²) in [5.41, 5.74) is 2.09. The molecule has 2 heterocycles. The summed E-state index contributed by atoms with van der Waals surface area (Å²) in [4.78, 5) is 18.6. The van der Waals surface area contributed by atoms with Gasteiger partial charge in [0.2, 0.25) is 0 Å². The van der Waals surface area contributed by atoms with E-state index in [9.17, 15) is 9.18 Å². The molecule has 3 atom stereocenters. The van der Waals surface area contributed by atoms with Crippen LogP contribution in [0, 0.1) is 11.7 Å². The molecule has 1 aliphatic heterocycles. The highest BCUT2D eigenvalue weighted by molar-refractivity contribution is 5.85. The molecule has 1 aromatic heterocycles. The van der Waals surface area contributed by atoms with Crippen molar-refractivity contribution < 1.29 is 19.0 Å². The number of benzene rings is 1. The Hall–Kier alpha value is -2.47. The second kappa shape index (κ2) is 11.4. The number of nitrogens with zero attached hydrogens (tertiary/aromatic N) is 2. The molecular weight excluding hydrogens is 407 g/mol. The van der Waals surface area contributed by atoms with Gasteiger partial charge in [-0.05, 0) is 42.5 Å². The number of aliphatic hydroxyl groups excluding tert-OH is 1. The van der Waals surface area contributed by atoms with E-state index >= 15 is 0 Å². The largest absolute Gasteiger partial charge is 0.489 e. The number of unbranched alkanes of at least 4 members (excludes halogenated alkanes) is 1. The van der Waals surface area contributed by atoms with Gasteiger partial charge in [-0.1, -0.05) is 39.3 Å². The molecule has 0 spiro atoms. The molecule has 0 bridgehead atoms. The van der Waals surface area contributed by atoms with E-state index in [2.05, 4.69) is 11.9 Å². The first-order valence-corrected chi connectivity index (χ1v) is 11.7. The number of anilines is 1. The molecule has 0 radical (unpaired) electrons. The van der Waals surface area contributed by atoms with Gasteiger partial charge in [-0.2, -0.15) is 0 Å². The summed E-state index contributed by atoms with van der Waals surface area (Å²) in [6, 6.07) is 9.39. The summed E-state index contributed by atoms with van der Waals surface area (Å²) < 4.78 is 21.0. The molecule has 1 aliphatic rings. The number of aromatic nitrogens is 1. The van der Waals surface area contributed by atoms with Crippen LogP contribution in [-0.2, 0) is 11.2 Å². The van der Waals surface area contributed by atoms with Gasteiger partial charge in [0.25, 0.3) is 0 Å². The smallest absolute Gasteiger partial charge is 0.167 e. The molecule has 174 valence electrons. The number of Topliss-reactive ketones (excluding diaryl/α,β-unsaturated/α-hetero) is 1. The van der Waals surface area contributed by atoms with Crippen molar-refractivity contribution >= 4 is 11.5 Å². The standard InChI is InChI=1S/C26H35FN2O3/c1-4-5-6-23-26(27)24(11-13-28-23)29-14-12-22(16-29)32-21-9-7-20(8-10-21)19(3)25(31)15-18(2)17-30/h7-11,13,18-19,22,30H,4-6,12,14-17H2,1-3H3/t18?,19?,22-/m1/s1. The van der Waals surface area contributed by atoms with Crippen LogP contribution in [0.5, 0.6) is 5.75 Å². The highest BCUT2D eigenvalue weighted by Gasteiger charge is 2.27. The Morgan fingerprint density at radius 2 is 2.03 bits per heavy atom. The number of rotatable bonds is 11. The minimum atomic E-state index is -0.211. The van der Waals surface area contributed by atoms with Crippen molar-refractivity contribution in [2.75, 3.05) is 24.6 Å². The lowest BCUT2D eigenvalue weighted by Crippen LogP contribution is -2.25. The van der Waals surface area contributed by atoms with Crippen LogP contribution in [0.15, 0.2) is 36.5 Å². The van der Waals surface area contributed by atoms with Crippen LogP contribution < -0.4 is 9.64 Å². The molecule has 0 aliphatic carbocycles. The van der Waals surface area contributed by atoms with E-state index in [1.165, 1.54) is 0 Å². The zero-order valence-corrected chi connectivity index (χ0v) is 19.4. The molecule has 6 heteroatoms. The van der Waals surface area contributed by atoms with Gasteiger partial charge >= 0.3 is 0 Å². The fourth-order valence-electron chi connectivity index (χ4n) is 4.08. The minimum Gasteiger partial charge on any atom is -0.489 e. The van der Waals surface area contributed by atoms with Gasteiger partial charge in [0.05, 0.1) is 17.9 Å². The van der Waals surface area contributed by atoms with Gasteiger partial charge in [-0.25, -0.2) is 4.39 Å². The number of pyridine rings is 1. The van der Waals surface area contributed by atoms with Crippen molar-refractivity contribution in [3.05, 3.63) is 53.6 Å². The normalized spacial score (nSPS) is 17.9. The average Bonchev–Trinajstić information content (AvgIpc) is 3.26. The zero-order valence-electron chi connectivity index (χ0n) is 19.4. The quantitative estimate of drug-likeness (QED) is 0.536. The van der Waals surface area contributed by atoms with Crippen LogP contribution in [0.3, 0.4) is 0 Å². The summed E-state index contributed by atoms with van der Waals surface area (Å²) in [6.45, 7) is 7.25. The second-order valence-electron chi connectivity index (χ2n) is 8.92. The summed E-state index contributed by atoms with van der Waals surface area (Å²) >= 11 is 0. The lowest BCUT2D eigenvalue weighted by Gasteiger charge is -2.21. The Morgan fingerprint density at radius 3 is 2.72 bits per heavy atom. The molecule has 1 aromatic carbocycles. The SMILES string of the molecule is CCCCc1nccc(N2CC[C@@H](Oc3ccc(C(C)C(=O)CC(C)CO)cc3)C2)c1F. The Bertz CT molecular complexity index is 887. The number of carbonyl (C=O) groups excluding carboxylic acids is 1. The topological polar surface area (TPSA) is 62.7 Å². The van der Waals surface area contributed by atoms with E-state index in [0.717, 1.165) is 37.1 Å². The van der Waals surface area contributed by atoms with Crippen LogP contribution in [0.4, 0.5) is 10.1 Å². The van der Waals surface area contributed by atoms with Gasteiger partial charge < -0.3 is 14.7 Å². The number of aliphatic hydroxyl groups is 1. The highest BCUT2D eigenvalue weighted by atomic mass is 19.1.